The van der Waals surface area contributed by atoms with Crippen LogP contribution in [0.25, 0.3) is 0 Å². The average Bonchev–Trinajstić information content (AvgIpc) is 2.37. The van der Waals surface area contributed by atoms with Crippen LogP contribution < -0.4 is 5.32 Å². The van der Waals surface area contributed by atoms with Gasteiger partial charge in [0.25, 0.3) is 5.91 Å². The normalized spacial score (nSPS) is 10.3. The first-order valence-corrected chi connectivity index (χ1v) is 7.20. The number of hydrogen-bond acceptors (Lipinski definition) is 1. The summed E-state index contributed by atoms with van der Waals surface area (Å²) in [5.41, 5.74) is 4.93. The number of rotatable bonds is 2. The molecular formula is C16H16INO. The minimum Gasteiger partial charge on any atom is -0.322 e. The van der Waals surface area contributed by atoms with Gasteiger partial charge in [-0.3, -0.25) is 4.79 Å². The van der Waals surface area contributed by atoms with Crippen LogP contribution in [0.2, 0.25) is 0 Å². The predicted molar refractivity (Wildman–Crippen MR) is 87.8 cm³/mol. The molecular weight excluding hydrogens is 349 g/mol. The monoisotopic (exact) mass is 365 g/mol. The van der Waals surface area contributed by atoms with Gasteiger partial charge in [0.05, 0.1) is 5.56 Å². The van der Waals surface area contributed by atoms with Gasteiger partial charge < -0.3 is 5.32 Å². The third-order valence-electron chi connectivity index (χ3n) is 3.08. The van der Waals surface area contributed by atoms with Crippen LogP contribution in [0.1, 0.15) is 27.0 Å². The molecule has 0 saturated heterocycles. The number of amides is 1. The number of carbonyl (C=O) groups excluding carboxylic acids is 1. The van der Waals surface area contributed by atoms with Gasteiger partial charge in [0.1, 0.15) is 0 Å². The van der Waals surface area contributed by atoms with E-state index in [0.717, 1.165) is 31.5 Å². The van der Waals surface area contributed by atoms with Gasteiger partial charge in [0.2, 0.25) is 0 Å². The van der Waals surface area contributed by atoms with E-state index in [1.807, 2.05) is 57.2 Å². The molecule has 0 aliphatic carbocycles. The van der Waals surface area contributed by atoms with E-state index in [-0.39, 0.29) is 5.91 Å². The number of hydrogen-bond donors (Lipinski definition) is 1. The summed E-state index contributed by atoms with van der Waals surface area (Å²) >= 11 is 2.22. The molecule has 0 aliphatic heterocycles. The summed E-state index contributed by atoms with van der Waals surface area (Å²) in [5, 5.41) is 2.99. The standard InChI is InChI=1S/C16H16INO/c1-10-7-8-11(2)14(9-10)18-16(19)13-6-4-5-12(3)15(13)17/h4-9H,1-3H3,(H,18,19). The molecule has 0 radical (unpaired) electrons. The molecule has 1 amide bonds. The molecule has 0 spiro atoms. The lowest BCUT2D eigenvalue weighted by Crippen LogP contribution is -2.14. The Morgan fingerprint density at radius 1 is 1.05 bits per heavy atom. The number of carbonyl (C=O) groups is 1. The van der Waals surface area contributed by atoms with Crippen molar-refractivity contribution in [2.24, 2.45) is 0 Å². The topological polar surface area (TPSA) is 29.1 Å². The lowest BCUT2D eigenvalue weighted by Gasteiger charge is -2.11. The number of nitrogens with one attached hydrogen (secondary N) is 1. The highest BCUT2D eigenvalue weighted by Gasteiger charge is 2.12. The van der Waals surface area contributed by atoms with E-state index in [2.05, 4.69) is 27.9 Å². The van der Waals surface area contributed by atoms with Crippen molar-refractivity contribution in [3.05, 3.63) is 62.2 Å². The van der Waals surface area contributed by atoms with E-state index in [1.54, 1.807) is 0 Å². The molecule has 2 aromatic rings. The Bertz CT molecular complexity index is 635. The number of halogens is 1. The number of benzene rings is 2. The summed E-state index contributed by atoms with van der Waals surface area (Å²) in [6.45, 7) is 6.03. The van der Waals surface area contributed by atoms with Crippen LogP contribution in [-0.2, 0) is 0 Å². The van der Waals surface area contributed by atoms with Crippen molar-refractivity contribution in [1.29, 1.82) is 0 Å². The van der Waals surface area contributed by atoms with Gasteiger partial charge in [-0.15, -0.1) is 0 Å². The second-order valence-corrected chi connectivity index (χ2v) is 5.79. The maximum atomic E-state index is 12.3. The van der Waals surface area contributed by atoms with E-state index in [4.69, 9.17) is 0 Å². The SMILES string of the molecule is Cc1ccc(C)c(NC(=O)c2cccc(C)c2I)c1. The Balaban J connectivity index is 2.31. The van der Waals surface area contributed by atoms with E-state index < -0.39 is 0 Å². The van der Waals surface area contributed by atoms with Gasteiger partial charge in [-0.2, -0.15) is 0 Å². The molecule has 0 atom stereocenters. The third kappa shape index (κ3) is 3.15. The molecule has 2 rings (SSSR count). The summed E-state index contributed by atoms with van der Waals surface area (Å²) in [6, 6.07) is 11.8. The van der Waals surface area contributed by atoms with E-state index in [0.29, 0.717) is 0 Å². The first-order valence-electron chi connectivity index (χ1n) is 6.13. The molecule has 0 unspecified atom stereocenters. The Labute approximate surface area is 127 Å². The molecule has 0 aliphatic rings. The van der Waals surface area contributed by atoms with Gasteiger partial charge in [-0.25, -0.2) is 0 Å². The number of anilines is 1. The third-order valence-corrected chi connectivity index (χ3v) is 4.51. The zero-order valence-corrected chi connectivity index (χ0v) is 13.4. The molecule has 0 heterocycles. The minimum absolute atomic E-state index is 0.0539. The highest BCUT2D eigenvalue weighted by molar-refractivity contribution is 14.1. The van der Waals surface area contributed by atoms with Crippen LogP contribution in [0.4, 0.5) is 5.69 Å². The average molecular weight is 365 g/mol. The maximum absolute atomic E-state index is 12.3. The number of aryl methyl sites for hydroxylation is 3. The second-order valence-electron chi connectivity index (χ2n) is 4.71. The molecule has 0 bridgehead atoms. The Kier molecular flexibility index (Phi) is 4.24. The second kappa shape index (κ2) is 5.74. The van der Waals surface area contributed by atoms with Crippen molar-refractivity contribution >= 4 is 34.2 Å². The molecule has 2 nitrogen and oxygen atoms in total. The van der Waals surface area contributed by atoms with Crippen LogP contribution in [0.15, 0.2) is 36.4 Å². The highest BCUT2D eigenvalue weighted by Crippen LogP contribution is 2.21. The van der Waals surface area contributed by atoms with Crippen molar-refractivity contribution in [3.8, 4) is 0 Å². The predicted octanol–water partition coefficient (Wildman–Crippen LogP) is 4.47. The van der Waals surface area contributed by atoms with Crippen molar-refractivity contribution in [2.45, 2.75) is 20.8 Å². The van der Waals surface area contributed by atoms with Crippen molar-refractivity contribution in [1.82, 2.24) is 0 Å². The van der Waals surface area contributed by atoms with E-state index in [1.165, 1.54) is 0 Å². The lowest BCUT2D eigenvalue weighted by molar-refractivity contribution is 0.102. The van der Waals surface area contributed by atoms with Gasteiger partial charge in [-0.1, -0.05) is 24.3 Å². The lowest BCUT2D eigenvalue weighted by atomic mass is 10.1. The first-order chi connectivity index (χ1) is 8.99. The Morgan fingerprint density at radius 3 is 2.53 bits per heavy atom. The molecule has 98 valence electrons. The van der Waals surface area contributed by atoms with Gasteiger partial charge in [0, 0.05) is 9.26 Å². The van der Waals surface area contributed by atoms with Crippen LogP contribution in [0.3, 0.4) is 0 Å². The smallest absolute Gasteiger partial charge is 0.256 e. The van der Waals surface area contributed by atoms with Crippen LogP contribution in [0.5, 0.6) is 0 Å². The zero-order chi connectivity index (χ0) is 14.0. The largest absolute Gasteiger partial charge is 0.322 e. The van der Waals surface area contributed by atoms with Crippen LogP contribution >= 0.6 is 22.6 Å². The molecule has 0 aromatic heterocycles. The first kappa shape index (κ1) is 14.1. The van der Waals surface area contributed by atoms with Gasteiger partial charge in [0.15, 0.2) is 0 Å². The Morgan fingerprint density at radius 2 is 1.79 bits per heavy atom. The highest BCUT2D eigenvalue weighted by atomic mass is 127. The molecule has 0 saturated carbocycles. The van der Waals surface area contributed by atoms with Crippen LogP contribution in [0, 0.1) is 24.3 Å². The summed E-state index contributed by atoms with van der Waals surface area (Å²) in [5.74, 6) is -0.0539. The maximum Gasteiger partial charge on any atom is 0.256 e. The van der Waals surface area contributed by atoms with Gasteiger partial charge >= 0.3 is 0 Å². The summed E-state index contributed by atoms with van der Waals surface area (Å²) < 4.78 is 1.00. The van der Waals surface area contributed by atoms with Gasteiger partial charge in [-0.05, 0) is 72.2 Å². The van der Waals surface area contributed by atoms with E-state index in [9.17, 15) is 4.79 Å². The molecule has 19 heavy (non-hydrogen) atoms. The molecule has 0 fully saturated rings. The fourth-order valence-electron chi connectivity index (χ4n) is 1.88. The minimum atomic E-state index is -0.0539. The van der Waals surface area contributed by atoms with Crippen molar-refractivity contribution in [2.75, 3.05) is 5.32 Å². The zero-order valence-electron chi connectivity index (χ0n) is 11.3. The molecule has 2 aromatic carbocycles. The summed E-state index contributed by atoms with van der Waals surface area (Å²) in [6.07, 6.45) is 0. The quantitative estimate of drug-likeness (QED) is 0.782. The van der Waals surface area contributed by atoms with Crippen molar-refractivity contribution in [3.63, 3.8) is 0 Å². The fourth-order valence-corrected chi connectivity index (χ4v) is 2.49. The van der Waals surface area contributed by atoms with Crippen LogP contribution in [-0.4, -0.2) is 5.91 Å². The van der Waals surface area contributed by atoms with E-state index >= 15 is 0 Å². The molecule has 3 heteroatoms. The summed E-state index contributed by atoms with van der Waals surface area (Å²) in [7, 11) is 0. The Hall–Kier alpha value is -1.36. The molecule has 1 N–H and O–H groups in total. The van der Waals surface area contributed by atoms with Crippen molar-refractivity contribution < 1.29 is 4.79 Å². The fraction of sp³-hybridized carbons (Fsp3) is 0.188. The summed E-state index contributed by atoms with van der Waals surface area (Å²) in [4.78, 5) is 12.3.